The predicted octanol–water partition coefficient (Wildman–Crippen LogP) is 3.49. The number of imidazole rings is 1. The molecule has 28 heavy (non-hydrogen) atoms. The van der Waals surface area contributed by atoms with Gasteiger partial charge in [0, 0.05) is 37.1 Å². The number of halogens is 2. The van der Waals surface area contributed by atoms with Crippen LogP contribution in [0.4, 0.5) is 5.69 Å². The first-order valence-corrected chi connectivity index (χ1v) is 9.46. The number of nitrogens with one attached hydrogen (secondary N) is 1. The minimum absolute atomic E-state index is 0.0752. The highest BCUT2D eigenvalue weighted by Crippen LogP contribution is 2.39. The predicted molar refractivity (Wildman–Crippen MR) is 111 cm³/mol. The van der Waals surface area contributed by atoms with Crippen LogP contribution in [0.5, 0.6) is 0 Å². The molecule has 0 aliphatic heterocycles. The van der Waals surface area contributed by atoms with Crippen LogP contribution in [0.3, 0.4) is 0 Å². The average Bonchev–Trinajstić information content (AvgIpc) is 3.03. The summed E-state index contributed by atoms with van der Waals surface area (Å²) in [6.07, 6.45) is 3.11. The molecular weight excluding hydrogens is 448 g/mol. The van der Waals surface area contributed by atoms with E-state index in [1.165, 1.54) is 10.8 Å². The maximum absolute atomic E-state index is 12.0. The summed E-state index contributed by atoms with van der Waals surface area (Å²) in [6.45, 7) is 1.73. The number of rotatable bonds is 5. The van der Waals surface area contributed by atoms with Gasteiger partial charge in [0.2, 0.25) is 0 Å². The Morgan fingerprint density at radius 2 is 1.86 bits per heavy atom. The second kappa shape index (κ2) is 7.44. The van der Waals surface area contributed by atoms with Crippen molar-refractivity contribution in [1.82, 2.24) is 14.1 Å². The number of hydrogen-bond donors (Lipinski definition) is 2. The second-order valence-electron chi connectivity index (χ2n) is 6.48. The van der Waals surface area contributed by atoms with E-state index in [1.54, 1.807) is 50.0 Å². The number of anilines is 1. The fraction of sp³-hybridized carbons (Fsp3) is 0.211. The third kappa shape index (κ3) is 3.70. The zero-order valence-corrected chi connectivity index (χ0v) is 17.7. The number of aromatic carboxylic acids is 1. The summed E-state index contributed by atoms with van der Waals surface area (Å²) in [4.78, 5) is 27.7. The van der Waals surface area contributed by atoms with Crippen LogP contribution >= 0.6 is 27.5 Å². The molecule has 9 heteroatoms. The Morgan fingerprint density at radius 1 is 1.21 bits per heavy atom. The monoisotopic (exact) mass is 464 g/mol. The van der Waals surface area contributed by atoms with Crippen LogP contribution in [0.15, 0.2) is 47.5 Å². The lowest BCUT2D eigenvalue weighted by Gasteiger charge is -2.30. The first-order valence-electron chi connectivity index (χ1n) is 8.29. The number of aromatic nitrogens is 3. The van der Waals surface area contributed by atoms with Gasteiger partial charge in [-0.15, -0.1) is 0 Å². The zero-order valence-electron chi connectivity index (χ0n) is 15.4. The molecular formula is C19H18BrClN4O3. The highest BCUT2D eigenvalue weighted by atomic mass is 79.9. The van der Waals surface area contributed by atoms with Crippen LogP contribution < -0.4 is 10.9 Å². The molecule has 0 bridgehead atoms. The standard InChI is InChI=1S/C19H18BrClN4O3/c1-11-8-14(9-24(2)16(11)26)23-19(20,12-4-6-13(21)7-5-12)18-22-15(17(27)28)10-25(18)3/h4-10,23H,1-3H3,(H,27,28). The van der Waals surface area contributed by atoms with Crippen molar-refractivity contribution in [3.63, 3.8) is 0 Å². The molecule has 1 atom stereocenters. The van der Waals surface area contributed by atoms with E-state index < -0.39 is 10.4 Å². The average molecular weight is 466 g/mol. The molecule has 0 aliphatic rings. The third-order valence-corrected chi connectivity index (χ3v) is 5.59. The molecule has 0 amide bonds. The molecule has 1 unspecified atom stereocenters. The molecule has 0 spiro atoms. The number of aryl methyl sites for hydroxylation is 3. The van der Waals surface area contributed by atoms with Gasteiger partial charge in [0.25, 0.3) is 5.56 Å². The molecule has 0 saturated heterocycles. The molecule has 0 aliphatic carbocycles. The molecule has 1 aromatic carbocycles. The normalized spacial score (nSPS) is 13.2. The summed E-state index contributed by atoms with van der Waals surface area (Å²) in [5.74, 6) is -0.690. The largest absolute Gasteiger partial charge is 0.476 e. The maximum atomic E-state index is 12.0. The van der Waals surface area contributed by atoms with Gasteiger partial charge in [0.15, 0.2) is 16.0 Å². The summed E-state index contributed by atoms with van der Waals surface area (Å²) in [7, 11) is 3.39. The minimum Gasteiger partial charge on any atom is -0.476 e. The zero-order chi connectivity index (χ0) is 20.6. The van der Waals surface area contributed by atoms with Gasteiger partial charge in [-0.3, -0.25) is 4.79 Å². The number of nitrogens with zero attached hydrogens (tertiary/aromatic N) is 3. The third-order valence-electron chi connectivity index (χ3n) is 4.32. The summed E-state index contributed by atoms with van der Waals surface area (Å²) in [5, 5.41) is 13.2. The van der Waals surface area contributed by atoms with E-state index in [2.05, 4.69) is 26.2 Å². The summed E-state index contributed by atoms with van der Waals surface area (Å²) >= 11 is 9.76. The fourth-order valence-corrected chi connectivity index (χ4v) is 3.96. The van der Waals surface area contributed by atoms with Gasteiger partial charge >= 0.3 is 5.97 Å². The number of alkyl halides is 1. The van der Waals surface area contributed by atoms with E-state index in [9.17, 15) is 14.7 Å². The van der Waals surface area contributed by atoms with Crippen molar-refractivity contribution < 1.29 is 9.90 Å². The molecule has 0 radical (unpaired) electrons. The molecule has 0 fully saturated rings. The molecule has 2 heterocycles. The maximum Gasteiger partial charge on any atom is 0.356 e. The van der Waals surface area contributed by atoms with Crippen LogP contribution in [0.2, 0.25) is 5.02 Å². The Morgan fingerprint density at radius 3 is 2.39 bits per heavy atom. The lowest BCUT2D eigenvalue weighted by Crippen LogP contribution is -2.34. The molecule has 7 nitrogen and oxygen atoms in total. The Balaban J connectivity index is 2.19. The van der Waals surface area contributed by atoms with Crippen molar-refractivity contribution in [2.24, 2.45) is 14.1 Å². The van der Waals surface area contributed by atoms with Crippen molar-refractivity contribution in [2.45, 2.75) is 11.4 Å². The lowest BCUT2D eigenvalue weighted by molar-refractivity contribution is 0.0691. The quantitative estimate of drug-likeness (QED) is 0.445. The van der Waals surface area contributed by atoms with Crippen LogP contribution in [-0.4, -0.2) is 25.2 Å². The van der Waals surface area contributed by atoms with Crippen molar-refractivity contribution in [1.29, 1.82) is 0 Å². The smallest absolute Gasteiger partial charge is 0.356 e. The highest BCUT2D eigenvalue weighted by molar-refractivity contribution is 9.09. The fourth-order valence-electron chi connectivity index (χ4n) is 2.97. The molecule has 0 saturated carbocycles. The minimum atomic E-state index is -1.12. The van der Waals surface area contributed by atoms with Crippen molar-refractivity contribution >= 4 is 39.2 Å². The van der Waals surface area contributed by atoms with Gasteiger partial charge in [-0.25, -0.2) is 9.78 Å². The van der Waals surface area contributed by atoms with Crippen LogP contribution in [0.25, 0.3) is 0 Å². The van der Waals surface area contributed by atoms with Crippen molar-refractivity contribution in [3.05, 3.63) is 80.7 Å². The topological polar surface area (TPSA) is 89.2 Å². The van der Waals surface area contributed by atoms with Gasteiger partial charge in [0.1, 0.15) is 0 Å². The Bertz CT molecular complexity index is 1080. The van der Waals surface area contributed by atoms with E-state index in [4.69, 9.17) is 11.6 Å². The Kier molecular flexibility index (Phi) is 5.36. The number of benzene rings is 1. The van der Waals surface area contributed by atoms with Crippen molar-refractivity contribution in [2.75, 3.05) is 5.32 Å². The first-order chi connectivity index (χ1) is 13.1. The molecule has 3 aromatic rings. The molecule has 3 rings (SSSR count). The first kappa shape index (κ1) is 20.2. The molecule has 146 valence electrons. The van der Waals surface area contributed by atoms with E-state index in [0.717, 1.165) is 5.56 Å². The van der Waals surface area contributed by atoms with Gasteiger partial charge in [-0.2, -0.15) is 0 Å². The number of hydrogen-bond acceptors (Lipinski definition) is 4. The summed E-state index contributed by atoms with van der Waals surface area (Å²) in [6, 6.07) is 8.83. The summed E-state index contributed by atoms with van der Waals surface area (Å²) < 4.78 is 2.05. The van der Waals surface area contributed by atoms with E-state index in [1.807, 2.05) is 12.1 Å². The number of pyridine rings is 1. The number of carbonyl (C=O) groups is 1. The van der Waals surface area contributed by atoms with Gasteiger partial charge < -0.3 is 19.6 Å². The van der Waals surface area contributed by atoms with Crippen molar-refractivity contribution in [3.8, 4) is 0 Å². The van der Waals surface area contributed by atoms with E-state index in [0.29, 0.717) is 22.1 Å². The van der Waals surface area contributed by atoms with E-state index >= 15 is 0 Å². The Hall–Kier alpha value is -2.58. The highest BCUT2D eigenvalue weighted by Gasteiger charge is 2.36. The van der Waals surface area contributed by atoms with Gasteiger partial charge in [-0.05, 0) is 46.6 Å². The van der Waals surface area contributed by atoms with Crippen LogP contribution in [0.1, 0.15) is 27.4 Å². The lowest BCUT2D eigenvalue weighted by atomic mass is 10.1. The van der Waals surface area contributed by atoms with E-state index in [-0.39, 0.29) is 11.3 Å². The Labute approximate surface area is 174 Å². The number of carboxylic acid groups (broad SMARTS) is 1. The van der Waals surface area contributed by atoms with Crippen LogP contribution in [-0.2, 0) is 18.5 Å². The molecule has 2 N–H and O–H groups in total. The van der Waals surface area contributed by atoms with Gasteiger partial charge in [-0.1, -0.05) is 23.7 Å². The SMILES string of the molecule is Cc1cc(NC(Br)(c2ccc(Cl)cc2)c2nc(C(=O)O)cn2C)cn(C)c1=O. The summed E-state index contributed by atoms with van der Waals surface area (Å²) in [5.41, 5.74) is 1.82. The second-order valence-corrected chi connectivity index (χ2v) is 8.11. The molecule has 2 aromatic heterocycles. The van der Waals surface area contributed by atoms with Crippen LogP contribution in [0, 0.1) is 6.92 Å². The number of carboxylic acids is 1. The van der Waals surface area contributed by atoms with Gasteiger partial charge in [0.05, 0.1) is 5.69 Å².